The molecule has 3 aromatic rings. The van der Waals surface area contributed by atoms with Crippen molar-refractivity contribution in [3.63, 3.8) is 0 Å². The smallest absolute Gasteiger partial charge is 0.279 e. The molecule has 126 valence electrons. The van der Waals surface area contributed by atoms with Gasteiger partial charge in [-0.1, -0.05) is 5.16 Å². The molecule has 1 aromatic carbocycles. The summed E-state index contributed by atoms with van der Waals surface area (Å²) in [5.74, 6) is 1.13. The molecule has 1 saturated carbocycles. The normalized spacial score (nSPS) is 13.6. The summed E-state index contributed by atoms with van der Waals surface area (Å²) in [6.07, 6.45) is 3.64. The van der Waals surface area contributed by atoms with Crippen LogP contribution in [0.2, 0.25) is 0 Å². The number of non-ortho nitro benzene ring substituents is 1. The van der Waals surface area contributed by atoms with Crippen LogP contribution >= 0.6 is 0 Å². The highest BCUT2D eigenvalue weighted by atomic mass is 16.6. The Morgan fingerprint density at radius 1 is 1.28 bits per heavy atom. The van der Waals surface area contributed by atoms with Gasteiger partial charge in [-0.15, -0.1) is 0 Å². The quantitative estimate of drug-likeness (QED) is 0.564. The molecule has 25 heavy (non-hydrogen) atoms. The lowest BCUT2D eigenvalue weighted by atomic mass is 10.2. The summed E-state index contributed by atoms with van der Waals surface area (Å²) in [6.45, 7) is 0. The second kappa shape index (κ2) is 5.86. The van der Waals surface area contributed by atoms with Crippen molar-refractivity contribution in [2.45, 2.75) is 18.8 Å². The second-order valence-electron chi connectivity index (χ2n) is 5.74. The van der Waals surface area contributed by atoms with Crippen LogP contribution in [0.25, 0.3) is 5.69 Å². The van der Waals surface area contributed by atoms with E-state index >= 15 is 0 Å². The topological polar surface area (TPSA) is 116 Å². The van der Waals surface area contributed by atoms with E-state index in [1.807, 2.05) is 0 Å². The molecule has 0 bridgehead atoms. The summed E-state index contributed by atoms with van der Waals surface area (Å²) < 4.78 is 6.66. The average molecular weight is 339 g/mol. The van der Waals surface area contributed by atoms with Crippen LogP contribution in [0.4, 0.5) is 11.5 Å². The van der Waals surface area contributed by atoms with Crippen molar-refractivity contribution in [1.82, 2.24) is 14.9 Å². The van der Waals surface area contributed by atoms with E-state index in [4.69, 9.17) is 4.52 Å². The van der Waals surface area contributed by atoms with Crippen LogP contribution < -0.4 is 5.32 Å². The van der Waals surface area contributed by atoms with Gasteiger partial charge >= 0.3 is 0 Å². The third-order valence-corrected chi connectivity index (χ3v) is 3.93. The number of carbonyl (C=O) groups is 1. The van der Waals surface area contributed by atoms with Crippen molar-refractivity contribution in [3.8, 4) is 5.69 Å². The number of nitrogens with zero attached hydrogens (tertiary/aromatic N) is 4. The highest BCUT2D eigenvalue weighted by Crippen LogP contribution is 2.40. The molecule has 1 aliphatic carbocycles. The van der Waals surface area contributed by atoms with Crippen LogP contribution in [0, 0.1) is 10.1 Å². The molecule has 0 aliphatic heterocycles. The lowest BCUT2D eigenvalue weighted by Crippen LogP contribution is -2.15. The average Bonchev–Trinajstić information content (AvgIpc) is 3.16. The Bertz CT molecular complexity index is 940. The van der Waals surface area contributed by atoms with Gasteiger partial charge in [0.15, 0.2) is 5.69 Å². The Hall–Kier alpha value is -3.49. The monoisotopic (exact) mass is 339 g/mol. The number of nitro benzene ring substituents is 1. The minimum Gasteiger partial charge on any atom is -0.360 e. The van der Waals surface area contributed by atoms with E-state index in [2.05, 4.69) is 15.6 Å². The van der Waals surface area contributed by atoms with E-state index in [0.29, 0.717) is 17.4 Å². The molecule has 4 rings (SSSR count). The molecular formula is C16H13N5O4. The van der Waals surface area contributed by atoms with Gasteiger partial charge in [-0.3, -0.25) is 14.9 Å². The zero-order chi connectivity index (χ0) is 17.4. The van der Waals surface area contributed by atoms with Crippen molar-refractivity contribution < 1.29 is 14.2 Å². The maximum atomic E-state index is 12.3. The molecule has 2 aromatic heterocycles. The number of aromatic nitrogens is 3. The van der Waals surface area contributed by atoms with Crippen LogP contribution in [-0.4, -0.2) is 25.8 Å². The number of nitro groups is 1. The van der Waals surface area contributed by atoms with Gasteiger partial charge in [0.1, 0.15) is 11.6 Å². The van der Waals surface area contributed by atoms with E-state index in [-0.39, 0.29) is 11.4 Å². The molecule has 0 unspecified atom stereocenters. The molecule has 0 saturated heterocycles. The number of carbonyl (C=O) groups excluding carboxylic acids is 1. The van der Waals surface area contributed by atoms with Gasteiger partial charge in [-0.2, -0.15) is 5.10 Å². The number of hydrogen-bond donors (Lipinski definition) is 1. The first-order valence-corrected chi connectivity index (χ1v) is 7.68. The molecule has 0 spiro atoms. The largest absolute Gasteiger partial charge is 0.360 e. The lowest BCUT2D eigenvalue weighted by molar-refractivity contribution is -0.384. The predicted molar refractivity (Wildman–Crippen MR) is 86.6 cm³/mol. The van der Waals surface area contributed by atoms with Gasteiger partial charge in [-0.05, 0) is 25.0 Å². The highest BCUT2D eigenvalue weighted by molar-refractivity contribution is 6.02. The summed E-state index contributed by atoms with van der Waals surface area (Å²) in [6, 6.07) is 9.15. The number of rotatable bonds is 5. The third-order valence-electron chi connectivity index (χ3n) is 3.93. The van der Waals surface area contributed by atoms with Crippen molar-refractivity contribution in [2.75, 3.05) is 5.32 Å². The summed E-state index contributed by atoms with van der Waals surface area (Å²) in [5, 5.41) is 21.4. The molecule has 2 heterocycles. The summed E-state index contributed by atoms with van der Waals surface area (Å²) >= 11 is 0. The van der Waals surface area contributed by atoms with Crippen molar-refractivity contribution >= 4 is 17.4 Å². The fourth-order valence-electron chi connectivity index (χ4n) is 2.46. The molecule has 9 heteroatoms. The van der Waals surface area contributed by atoms with E-state index in [1.165, 1.54) is 23.0 Å². The van der Waals surface area contributed by atoms with Crippen molar-refractivity contribution in [3.05, 3.63) is 64.2 Å². The molecule has 0 atom stereocenters. The van der Waals surface area contributed by atoms with Crippen molar-refractivity contribution in [1.29, 1.82) is 0 Å². The molecule has 9 nitrogen and oxygen atoms in total. The lowest BCUT2D eigenvalue weighted by Gasteiger charge is -2.07. The zero-order valence-electron chi connectivity index (χ0n) is 13.0. The van der Waals surface area contributed by atoms with Gasteiger partial charge in [-0.25, -0.2) is 4.68 Å². The number of benzene rings is 1. The third kappa shape index (κ3) is 2.99. The number of amides is 1. The van der Waals surface area contributed by atoms with Crippen LogP contribution in [0.1, 0.15) is 35.0 Å². The highest BCUT2D eigenvalue weighted by Gasteiger charge is 2.29. The second-order valence-corrected chi connectivity index (χ2v) is 5.74. The van der Waals surface area contributed by atoms with E-state index in [1.54, 1.807) is 24.3 Å². The Kier molecular flexibility index (Phi) is 3.53. The molecule has 0 radical (unpaired) electrons. The number of anilines is 1. The first-order valence-electron chi connectivity index (χ1n) is 7.68. The standard InChI is InChI=1S/C16H13N5O4/c22-16(13-9-14(25-19-13)10-1-2-10)18-15-7-8-17-20(15)11-3-5-12(6-4-11)21(23)24/h3-10H,1-2H2,(H,18,22). The minimum atomic E-state index is -0.475. The van der Waals surface area contributed by atoms with Gasteiger partial charge < -0.3 is 9.84 Å². The summed E-state index contributed by atoms with van der Waals surface area (Å²) in [4.78, 5) is 22.6. The van der Waals surface area contributed by atoms with E-state index in [0.717, 1.165) is 18.6 Å². The Morgan fingerprint density at radius 2 is 2.04 bits per heavy atom. The van der Waals surface area contributed by atoms with Crippen LogP contribution in [0.5, 0.6) is 0 Å². The molecule has 1 fully saturated rings. The Morgan fingerprint density at radius 3 is 2.72 bits per heavy atom. The van der Waals surface area contributed by atoms with Crippen LogP contribution in [-0.2, 0) is 0 Å². The zero-order valence-corrected chi connectivity index (χ0v) is 13.0. The van der Waals surface area contributed by atoms with E-state index < -0.39 is 10.8 Å². The molecule has 1 aliphatic rings. The van der Waals surface area contributed by atoms with Crippen LogP contribution in [0.15, 0.2) is 47.1 Å². The minimum absolute atomic E-state index is 0.0169. The first kappa shape index (κ1) is 15.1. The fraction of sp³-hybridized carbons (Fsp3) is 0.188. The number of hydrogen-bond acceptors (Lipinski definition) is 6. The first-order chi connectivity index (χ1) is 12.1. The van der Waals surface area contributed by atoms with Gasteiger partial charge in [0.2, 0.25) is 0 Å². The van der Waals surface area contributed by atoms with Crippen LogP contribution in [0.3, 0.4) is 0 Å². The Balaban J connectivity index is 1.54. The SMILES string of the molecule is O=C(Nc1ccnn1-c1ccc([N+](=O)[O-])cc1)c1cc(C2CC2)on1. The summed E-state index contributed by atoms with van der Waals surface area (Å²) in [5.41, 5.74) is 0.778. The maximum absolute atomic E-state index is 12.3. The molecule has 1 N–H and O–H groups in total. The van der Waals surface area contributed by atoms with Gasteiger partial charge in [0.25, 0.3) is 11.6 Å². The van der Waals surface area contributed by atoms with E-state index in [9.17, 15) is 14.9 Å². The Labute approximate surface area is 141 Å². The van der Waals surface area contributed by atoms with Gasteiger partial charge in [0, 0.05) is 30.2 Å². The number of nitrogens with one attached hydrogen (secondary N) is 1. The molecular weight excluding hydrogens is 326 g/mol. The van der Waals surface area contributed by atoms with Gasteiger partial charge in [0.05, 0.1) is 16.8 Å². The molecule has 1 amide bonds. The maximum Gasteiger partial charge on any atom is 0.279 e. The summed E-state index contributed by atoms with van der Waals surface area (Å²) in [7, 11) is 0. The van der Waals surface area contributed by atoms with Crippen molar-refractivity contribution in [2.24, 2.45) is 0 Å². The fourth-order valence-corrected chi connectivity index (χ4v) is 2.46. The predicted octanol–water partition coefficient (Wildman–Crippen LogP) is 2.90.